The second kappa shape index (κ2) is 5.59. The van der Waals surface area contributed by atoms with E-state index in [9.17, 15) is 4.79 Å². The van der Waals surface area contributed by atoms with Crippen LogP contribution in [-0.2, 0) is 4.79 Å². The number of nitrogens with two attached hydrogens (primary N) is 1. The number of nitrogens with zero attached hydrogens (tertiary/aromatic N) is 2. The largest absolute Gasteiger partial charge is 0.338 e. The van der Waals surface area contributed by atoms with Crippen LogP contribution in [0.4, 0.5) is 0 Å². The van der Waals surface area contributed by atoms with Crippen LogP contribution in [0.2, 0.25) is 0 Å². The van der Waals surface area contributed by atoms with Crippen molar-refractivity contribution in [3.05, 3.63) is 36.2 Å². The van der Waals surface area contributed by atoms with E-state index in [0.29, 0.717) is 6.54 Å². The Morgan fingerprint density at radius 3 is 3.12 bits per heavy atom. The molecule has 2 rings (SSSR count). The molecule has 4 nitrogen and oxygen atoms in total. The lowest BCUT2D eigenvalue weighted by molar-refractivity contribution is -0.127. The number of carbonyl (C=O) groups is 1. The van der Waals surface area contributed by atoms with Gasteiger partial charge < -0.3 is 10.6 Å². The molecule has 0 aliphatic carbocycles. The minimum atomic E-state index is 0.0193. The Hall–Kier alpha value is -1.68. The first kappa shape index (κ1) is 11.8. The summed E-state index contributed by atoms with van der Waals surface area (Å²) in [6.07, 6.45) is 7.02. The lowest BCUT2D eigenvalue weighted by Gasteiger charge is -2.29. The fourth-order valence-electron chi connectivity index (χ4n) is 1.95. The summed E-state index contributed by atoms with van der Waals surface area (Å²) in [5.41, 5.74) is 6.63. The molecule has 90 valence electrons. The molecule has 17 heavy (non-hydrogen) atoms. The van der Waals surface area contributed by atoms with Crippen LogP contribution < -0.4 is 5.73 Å². The Balaban J connectivity index is 1.94. The molecule has 1 unspecified atom stereocenters. The van der Waals surface area contributed by atoms with Gasteiger partial charge in [-0.1, -0.05) is 6.07 Å². The summed E-state index contributed by atoms with van der Waals surface area (Å²) in [5.74, 6) is 0.0193. The second-order valence-corrected chi connectivity index (χ2v) is 4.27. The maximum Gasteiger partial charge on any atom is 0.246 e. The van der Waals surface area contributed by atoms with Crippen molar-refractivity contribution in [1.29, 1.82) is 0 Å². The minimum absolute atomic E-state index is 0.0193. The van der Waals surface area contributed by atoms with Gasteiger partial charge in [-0.15, -0.1) is 0 Å². The van der Waals surface area contributed by atoms with Crippen molar-refractivity contribution in [1.82, 2.24) is 9.88 Å². The Kier molecular flexibility index (Phi) is 3.88. The molecular weight excluding hydrogens is 214 g/mol. The highest BCUT2D eigenvalue weighted by atomic mass is 16.2. The van der Waals surface area contributed by atoms with E-state index in [1.54, 1.807) is 23.2 Å². The number of pyridine rings is 1. The summed E-state index contributed by atoms with van der Waals surface area (Å²) in [4.78, 5) is 17.8. The Morgan fingerprint density at radius 2 is 2.41 bits per heavy atom. The van der Waals surface area contributed by atoms with Crippen molar-refractivity contribution < 1.29 is 4.79 Å². The number of rotatable bonds is 2. The van der Waals surface area contributed by atoms with Crippen LogP contribution in [0.3, 0.4) is 0 Å². The monoisotopic (exact) mass is 231 g/mol. The average Bonchev–Trinajstić information content (AvgIpc) is 2.37. The van der Waals surface area contributed by atoms with Gasteiger partial charge in [-0.2, -0.15) is 0 Å². The van der Waals surface area contributed by atoms with E-state index in [1.165, 1.54) is 0 Å². The van der Waals surface area contributed by atoms with Crippen LogP contribution in [0.15, 0.2) is 30.5 Å². The highest BCUT2D eigenvalue weighted by Crippen LogP contribution is 2.09. The summed E-state index contributed by atoms with van der Waals surface area (Å²) in [6.45, 7) is 1.46. The highest BCUT2D eigenvalue weighted by molar-refractivity contribution is 5.91. The van der Waals surface area contributed by atoms with E-state index in [2.05, 4.69) is 4.98 Å². The summed E-state index contributed by atoms with van der Waals surface area (Å²) >= 11 is 0. The minimum Gasteiger partial charge on any atom is -0.338 e. The van der Waals surface area contributed by atoms with Gasteiger partial charge in [0.05, 0.1) is 5.69 Å². The smallest absolute Gasteiger partial charge is 0.246 e. The fraction of sp³-hybridized carbons (Fsp3) is 0.385. The second-order valence-electron chi connectivity index (χ2n) is 4.27. The van der Waals surface area contributed by atoms with Gasteiger partial charge in [-0.05, 0) is 31.1 Å². The van der Waals surface area contributed by atoms with Crippen LogP contribution in [0.1, 0.15) is 18.5 Å². The van der Waals surface area contributed by atoms with Crippen molar-refractivity contribution in [2.24, 2.45) is 5.73 Å². The summed E-state index contributed by atoms with van der Waals surface area (Å²) < 4.78 is 0. The average molecular weight is 231 g/mol. The number of hydrogen-bond acceptors (Lipinski definition) is 3. The van der Waals surface area contributed by atoms with E-state index in [0.717, 1.165) is 25.1 Å². The lowest BCUT2D eigenvalue weighted by Crippen LogP contribution is -2.45. The molecular formula is C13H17N3O. The Morgan fingerprint density at radius 1 is 1.53 bits per heavy atom. The number of likely N-dealkylation sites (tertiary alicyclic amines) is 1. The van der Waals surface area contributed by atoms with E-state index in [1.807, 2.05) is 18.2 Å². The van der Waals surface area contributed by atoms with Gasteiger partial charge in [0.25, 0.3) is 0 Å². The molecule has 1 aromatic rings. The first-order valence-electron chi connectivity index (χ1n) is 5.89. The predicted octanol–water partition coefficient (Wildman–Crippen LogP) is 1.04. The topological polar surface area (TPSA) is 59.2 Å². The van der Waals surface area contributed by atoms with Crippen molar-refractivity contribution in [3.63, 3.8) is 0 Å². The molecule has 0 aromatic carbocycles. The zero-order valence-electron chi connectivity index (χ0n) is 9.75. The van der Waals surface area contributed by atoms with Crippen molar-refractivity contribution in [2.75, 3.05) is 13.1 Å². The molecule has 4 heteroatoms. The number of aromatic nitrogens is 1. The van der Waals surface area contributed by atoms with E-state index >= 15 is 0 Å². The maximum absolute atomic E-state index is 11.9. The standard InChI is InChI=1S/C13H17N3O/c14-11-4-3-9-16(10-11)13(17)7-6-12-5-1-2-8-15-12/h1-2,5-8,11H,3-4,9-10,14H2/b7-6+. The van der Waals surface area contributed by atoms with Crippen LogP contribution in [0.25, 0.3) is 6.08 Å². The first-order valence-corrected chi connectivity index (χ1v) is 5.89. The molecule has 1 aromatic heterocycles. The maximum atomic E-state index is 11.9. The zero-order valence-corrected chi connectivity index (χ0v) is 9.75. The van der Waals surface area contributed by atoms with Crippen molar-refractivity contribution in [3.8, 4) is 0 Å². The summed E-state index contributed by atoms with van der Waals surface area (Å²) in [7, 11) is 0. The van der Waals surface area contributed by atoms with Crippen LogP contribution in [0.5, 0.6) is 0 Å². The quantitative estimate of drug-likeness (QED) is 0.774. The molecule has 0 saturated carbocycles. The van der Waals surface area contributed by atoms with E-state index in [-0.39, 0.29) is 11.9 Å². The van der Waals surface area contributed by atoms with Crippen molar-refractivity contribution >= 4 is 12.0 Å². The molecule has 0 bridgehead atoms. The molecule has 0 spiro atoms. The third-order valence-electron chi connectivity index (χ3n) is 2.85. The first-order chi connectivity index (χ1) is 8.25. The number of hydrogen-bond donors (Lipinski definition) is 1. The van der Waals surface area contributed by atoms with Crippen LogP contribution in [0, 0.1) is 0 Å². The third kappa shape index (κ3) is 3.39. The van der Waals surface area contributed by atoms with E-state index in [4.69, 9.17) is 5.73 Å². The van der Waals surface area contributed by atoms with Gasteiger partial charge in [-0.3, -0.25) is 9.78 Å². The normalized spacial score (nSPS) is 20.8. The molecule has 1 fully saturated rings. The number of carbonyl (C=O) groups excluding carboxylic acids is 1. The molecule has 1 aliphatic rings. The molecule has 0 radical (unpaired) electrons. The molecule has 2 N–H and O–H groups in total. The summed E-state index contributed by atoms with van der Waals surface area (Å²) in [6, 6.07) is 5.73. The molecule has 1 atom stereocenters. The molecule has 2 heterocycles. The van der Waals surface area contributed by atoms with Gasteiger partial charge in [0.2, 0.25) is 5.91 Å². The molecule has 1 aliphatic heterocycles. The van der Waals surface area contributed by atoms with E-state index < -0.39 is 0 Å². The van der Waals surface area contributed by atoms with Crippen LogP contribution >= 0.6 is 0 Å². The van der Waals surface area contributed by atoms with Crippen molar-refractivity contribution in [2.45, 2.75) is 18.9 Å². The van der Waals surface area contributed by atoms with Gasteiger partial charge in [0.1, 0.15) is 0 Å². The Labute approximate surface area is 101 Å². The third-order valence-corrected chi connectivity index (χ3v) is 2.85. The fourth-order valence-corrected chi connectivity index (χ4v) is 1.95. The molecule has 1 saturated heterocycles. The Bertz CT molecular complexity index is 402. The van der Waals surface area contributed by atoms with Gasteiger partial charge >= 0.3 is 0 Å². The van der Waals surface area contributed by atoms with Gasteiger partial charge in [-0.25, -0.2) is 0 Å². The molecule has 1 amide bonds. The van der Waals surface area contributed by atoms with Crippen LogP contribution in [-0.4, -0.2) is 34.9 Å². The van der Waals surface area contributed by atoms with Gasteiger partial charge in [0.15, 0.2) is 0 Å². The predicted molar refractivity (Wildman–Crippen MR) is 67.1 cm³/mol. The zero-order chi connectivity index (χ0) is 12.1. The lowest BCUT2D eigenvalue weighted by atomic mass is 10.1. The number of amides is 1. The van der Waals surface area contributed by atoms with Gasteiger partial charge in [0, 0.05) is 31.4 Å². The highest BCUT2D eigenvalue weighted by Gasteiger charge is 2.19. The number of piperidine rings is 1. The SMILES string of the molecule is NC1CCCN(C(=O)/C=C/c2ccccn2)C1. The summed E-state index contributed by atoms with van der Waals surface area (Å²) in [5, 5.41) is 0.